The number of aromatic nitrogens is 1. The van der Waals surface area contributed by atoms with Crippen molar-refractivity contribution in [2.45, 2.75) is 25.4 Å². The van der Waals surface area contributed by atoms with Gasteiger partial charge in [-0.1, -0.05) is 0 Å². The second-order valence-electron chi connectivity index (χ2n) is 3.52. The maximum atomic E-state index is 12.2. The molecule has 0 bridgehead atoms. The van der Waals surface area contributed by atoms with E-state index in [1.54, 1.807) is 0 Å². The molecular formula is C10H7F6NO2. The van der Waals surface area contributed by atoms with Crippen LogP contribution >= 0.6 is 0 Å². The van der Waals surface area contributed by atoms with Gasteiger partial charge in [-0.25, -0.2) is 4.98 Å². The van der Waals surface area contributed by atoms with Gasteiger partial charge < -0.3 is 4.74 Å². The van der Waals surface area contributed by atoms with Gasteiger partial charge >= 0.3 is 12.4 Å². The normalized spacial score (nSPS) is 12.6. The van der Waals surface area contributed by atoms with Crippen LogP contribution in [0.15, 0.2) is 18.3 Å². The summed E-state index contributed by atoms with van der Waals surface area (Å²) in [5, 5.41) is 0. The van der Waals surface area contributed by atoms with E-state index in [-0.39, 0.29) is 5.69 Å². The van der Waals surface area contributed by atoms with Crippen molar-refractivity contribution in [3.05, 3.63) is 24.0 Å². The monoisotopic (exact) mass is 287 g/mol. The van der Waals surface area contributed by atoms with E-state index in [9.17, 15) is 31.1 Å². The SMILES string of the molecule is CC(=O)c1ccc(OC(C(F)(F)F)C(F)(F)F)cn1. The summed E-state index contributed by atoms with van der Waals surface area (Å²) in [7, 11) is 0. The van der Waals surface area contributed by atoms with E-state index in [0.717, 1.165) is 19.1 Å². The highest BCUT2D eigenvalue weighted by Crippen LogP contribution is 2.36. The third-order valence-corrected chi connectivity index (χ3v) is 1.95. The topological polar surface area (TPSA) is 39.2 Å². The van der Waals surface area contributed by atoms with Crippen molar-refractivity contribution in [3.8, 4) is 5.75 Å². The Bertz CT molecular complexity index is 437. The van der Waals surface area contributed by atoms with Crippen LogP contribution in [0.5, 0.6) is 5.75 Å². The lowest BCUT2D eigenvalue weighted by atomic mass is 10.2. The van der Waals surface area contributed by atoms with Crippen molar-refractivity contribution >= 4 is 5.78 Å². The van der Waals surface area contributed by atoms with Crippen LogP contribution in [0.4, 0.5) is 26.3 Å². The van der Waals surface area contributed by atoms with Crippen LogP contribution in [0.1, 0.15) is 17.4 Å². The van der Waals surface area contributed by atoms with Crippen LogP contribution in [0.25, 0.3) is 0 Å². The molecule has 0 unspecified atom stereocenters. The minimum atomic E-state index is -5.60. The molecule has 1 rings (SSSR count). The van der Waals surface area contributed by atoms with Crippen LogP contribution < -0.4 is 4.74 Å². The zero-order valence-electron chi connectivity index (χ0n) is 9.34. The van der Waals surface area contributed by atoms with E-state index in [2.05, 4.69) is 9.72 Å². The van der Waals surface area contributed by atoms with E-state index in [1.165, 1.54) is 0 Å². The molecule has 3 nitrogen and oxygen atoms in total. The number of nitrogens with zero attached hydrogens (tertiary/aromatic N) is 1. The Morgan fingerprint density at radius 3 is 2.00 bits per heavy atom. The second-order valence-corrected chi connectivity index (χ2v) is 3.52. The van der Waals surface area contributed by atoms with Gasteiger partial charge in [0.25, 0.3) is 6.10 Å². The fourth-order valence-corrected chi connectivity index (χ4v) is 1.11. The van der Waals surface area contributed by atoms with Crippen molar-refractivity contribution < 1.29 is 35.9 Å². The van der Waals surface area contributed by atoms with E-state index < -0.39 is 30.0 Å². The van der Waals surface area contributed by atoms with E-state index in [0.29, 0.717) is 6.20 Å². The Labute approximate surface area is 103 Å². The molecular weight excluding hydrogens is 280 g/mol. The summed E-state index contributed by atoms with van der Waals surface area (Å²) in [6, 6.07) is 1.79. The molecule has 0 atom stereocenters. The first-order valence-corrected chi connectivity index (χ1v) is 4.79. The summed E-state index contributed by atoms with van der Waals surface area (Å²) in [4.78, 5) is 14.2. The highest BCUT2D eigenvalue weighted by Gasteiger charge is 2.59. The Balaban J connectivity index is 2.95. The largest absolute Gasteiger partial charge is 0.470 e. The van der Waals surface area contributed by atoms with Crippen LogP contribution in [0.3, 0.4) is 0 Å². The van der Waals surface area contributed by atoms with Crippen molar-refractivity contribution in [1.29, 1.82) is 0 Å². The zero-order chi connectivity index (χ0) is 14.8. The zero-order valence-corrected chi connectivity index (χ0v) is 9.34. The summed E-state index contributed by atoms with van der Waals surface area (Å²) < 4.78 is 77.0. The first-order valence-electron chi connectivity index (χ1n) is 4.79. The highest BCUT2D eigenvalue weighted by atomic mass is 19.4. The molecule has 0 radical (unpaired) electrons. The van der Waals surface area contributed by atoms with E-state index in [4.69, 9.17) is 0 Å². The predicted molar refractivity (Wildman–Crippen MR) is 50.8 cm³/mol. The summed E-state index contributed by atoms with van der Waals surface area (Å²) in [6.45, 7) is 1.15. The molecule has 0 saturated carbocycles. The number of hydrogen-bond donors (Lipinski definition) is 0. The van der Waals surface area contributed by atoms with Crippen molar-refractivity contribution in [3.63, 3.8) is 0 Å². The lowest BCUT2D eigenvalue weighted by molar-refractivity contribution is -0.299. The van der Waals surface area contributed by atoms with Gasteiger partial charge in [0.1, 0.15) is 11.4 Å². The number of alkyl halides is 6. The average molecular weight is 287 g/mol. The molecule has 0 aliphatic carbocycles. The molecule has 1 aromatic rings. The summed E-state index contributed by atoms with van der Waals surface area (Å²) >= 11 is 0. The number of rotatable bonds is 3. The molecule has 0 spiro atoms. The second kappa shape index (κ2) is 5.06. The van der Waals surface area contributed by atoms with E-state index in [1.807, 2.05) is 0 Å². The Morgan fingerprint density at radius 2 is 1.68 bits per heavy atom. The number of Topliss-reactive ketones (excluding diaryl/α,β-unsaturated/α-hetero) is 1. The minimum Gasteiger partial charge on any atom is -0.470 e. The van der Waals surface area contributed by atoms with Crippen molar-refractivity contribution in [1.82, 2.24) is 4.98 Å². The van der Waals surface area contributed by atoms with Gasteiger partial charge in [-0.05, 0) is 12.1 Å². The standard InChI is InChI=1S/C10H7F6NO2/c1-5(18)7-3-2-6(4-17-7)19-8(9(11,12)13)10(14,15)16/h2-4,8H,1H3. The minimum absolute atomic E-state index is 0.0945. The molecule has 0 amide bonds. The van der Waals surface area contributed by atoms with Gasteiger partial charge in [-0.3, -0.25) is 4.79 Å². The lowest BCUT2D eigenvalue weighted by Gasteiger charge is -2.23. The summed E-state index contributed by atoms with van der Waals surface area (Å²) in [5.41, 5.74) is -0.0945. The summed E-state index contributed by atoms with van der Waals surface area (Å²) in [6.07, 6.45) is -14.5. The molecule has 106 valence electrons. The third kappa shape index (κ3) is 4.11. The Kier molecular flexibility index (Phi) is 4.06. The fraction of sp³-hybridized carbons (Fsp3) is 0.400. The Morgan fingerprint density at radius 1 is 1.16 bits per heavy atom. The van der Waals surface area contributed by atoms with Gasteiger partial charge in [0.05, 0.1) is 6.20 Å². The number of halogens is 6. The molecule has 0 fully saturated rings. The Hall–Kier alpha value is -1.80. The molecule has 1 aromatic heterocycles. The number of ether oxygens (including phenoxy) is 1. The highest BCUT2D eigenvalue weighted by molar-refractivity contribution is 5.92. The smallest absolute Gasteiger partial charge is 0.434 e. The number of pyridine rings is 1. The van der Waals surface area contributed by atoms with E-state index >= 15 is 0 Å². The maximum absolute atomic E-state index is 12.2. The quantitative estimate of drug-likeness (QED) is 0.633. The number of ketones is 1. The maximum Gasteiger partial charge on any atom is 0.434 e. The first-order chi connectivity index (χ1) is 8.51. The van der Waals surface area contributed by atoms with Crippen LogP contribution in [0, 0.1) is 0 Å². The van der Waals surface area contributed by atoms with Crippen LogP contribution in [0.2, 0.25) is 0 Å². The molecule has 9 heteroatoms. The van der Waals surface area contributed by atoms with Gasteiger partial charge in [-0.15, -0.1) is 0 Å². The van der Waals surface area contributed by atoms with Gasteiger partial charge in [0.2, 0.25) is 0 Å². The average Bonchev–Trinajstić information content (AvgIpc) is 2.23. The van der Waals surface area contributed by atoms with Gasteiger partial charge in [-0.2, -0.15) is 26.3 Å². The third-order valence-electron chi connectivity index (χ3n) is 1.95. The number of carbonyl (C=O) groups excluding carboxylic acids is 1. The van der Waals surface area contributed by atoms with Gasteiger partial charge in [0, 0.05) is 6.92 Å². The van der Waals surface area contributed by atoms with Crippen LogP contribution in [-0.4, -0.2) is 29.2 Å². The fourth-order valence-electron chi connectivity index (χ4n) is 1.11. The molecule has 19 heavy (non-hydrogen) atoms. The number of carbonyl (C=O) groups is 1. The van der Waals surface area contributed by atoms with Crippen molar-refractivity contribution in [2.24, 2.45) is 0 Å². The summed E-state index contributed by atoms with van der Waals surface area (Å²) in [5.74, 6) is -1.21. The molecule has 0 aliphatic heterocycles. The molecule has 0 aliphatic rings. The van der Waals surface area contributed by atoms with Gasteiger partial charge in [0.15, 0.2) is 5.78 Å². The molecule has 0 N–H and O–H groups in total. The van der Waals surface area contributed by atoms with Crippen LogP contribution in [-0.2, 0) is 0 Å². The molecule has 1 heterocycles. The first kappa shape index (κ1) is 15.3. The predicted octanol–water partition coefficient (Wildman–Crippen LogP) is 3.16. The van der Waals surface area contributed by atoms with Crippen molar-refractivity contribution in [2.75, 3.05) is 0 Å². The lowest BCUT2D eigenvalue weighted by Crippen LogP contribution is -2.46. The molecule has 0 saturated heterocycles. The number of hydrogen-bond acceptors (Lipinski definition) is 3. The molecule has 0 aromatic carbocycles.